The quantitative estimate of drug-likeness (QED) is 0.340. The molecule has 6 rings (SSSR count). The fourth-order valence-electron chi connectivity index (χ4n) is 4.88. The smallest absolute Gasteiger partial charge is 0.408 e. The molecule has 3 aromatic carbocycles. The molecule has 0 atom stereocenters. The van der Waals surface area contributed by atoms with Crippen LogP contribution >= 0.6 is 11.6 Å². The van der Waals surface area contributed by atoms with Gasteiger partial charge in [-0.25, -0.2) is 4.79 Å². The average molecular weight is 516 g/mol. The van der Waals surface area contributed by atoms with Crippen LogP contribution in [0.4, 0.5) is 11.4 Å². The zero-order valence-electron chi connectivity index (χ0n) is 20.3. The first-order chi connectivity index (χ1) is 17.9. The van der Waals surface area contributed by atoms with E-state index in [-0.39, 0.29) is 5.91 Å². The van der Waals surface area contributed by atoms with E-state index in [9.17, 15) is 9.59 Å². The molecule has 0 bridgehead atoms. The van der Waals surface area contributed by atoms with Crippen molar-refractivity contribution in [3.63, 3.8) is 0 Å². The molecule has 1 saturated heterocycles. The second-order valence-corrected chi connectivity index (χ2v) is 9.96. The van der Waals surface area contributed by atoms with Crippen LogP contribution < -0.4 is 16.4 Å². The molecule has 8 nitrogen and oxygen atoms in total. The van der Waals surface area contributed by atoms with Crippen LogP contribution in [0.3, 0.4) is 0 Å². The largest absolute Gasteiger partial charge is 0.417 e. The third kappa shape index (κ3) is 4.79. The van der Waals surface area contributed by atoms with Gasteiger partial charge in [-0.05, 0) is 49.0 Å². The lowest BCUT2D eigenvalue weighted by Gasteiger charge is -2.32. The Morgan fingerprint density at radius 1 is 1.00 bits per heavy atom. The van der Waals surface area contributed by atoms with E-state index in [0.717, 1.165) is 44.0 Å². The van der Waals surface area contributed by atoms with Gasteiger partial charge in [0.1, 0.15) is 0 Å². The van der Waals surface area contributed by atoms with Gasteiger partial charge in [-0.3, -0.25) is 14.7 Å². The van der Waals surface area contributed by atoms with Crippen molar-refractivity contribution >= 4 is 51.3 Å². The van der Waals surface area contributed by atoms with Gasteiger partial charge in [-0.2, -0.15) is 0 Å². The minimum absolute atomic E-state index is 0.234. The van der Waals surface area contributed by atoms with E-state index in [0.29, 0.717) is 38.6 Å². The second kappa shape index (κ2) is 9.55. The maximum Gasteiger partial charge on any atom is 0.417 e. The number of likely N-dealkylation sites (N-methyl/N-ethyl adjacent to an activating group) is 1. The highest BCUT2D eigenvalue weighted by Gasteiger charge is 2.29. The predicted octanol–water partition coefficient (Wildman–Crippen LogP) is 4.45. The molecule has 2 aliphatic rings. The van der Waals surface area contributed by atoms with Gasteiger partial charge in [-0.1, -0.05) is 35.9 Å². The highest BCUT2D eigenvalue weighted by molar-refractivity contribution is 6.38. The molecule has 0 radical (unpaired) electrons. The van der Waals surface area contributed by atoms with Gasteiger partial charge in [0.2, 0.25) is 0 Å². The van der Waals surface area contributed by atoms with Crippen molar-refractivity contribution in [2.24, 2.45) is 0 Å². The normalized spacial score (nSPS) is 17.6. The monoisotopic (exact) mass is 515 g/mol. The molecule has 2 aliphatic heterocycles. The Kier molecular flexibility index (Phi) is 6.08. The maximum absolute atomic E-state index is 13.2. The Bertz CT molecular complexity index is 1580. The van der Waals surface area contributed by atoms with Crippen molar-refractivity contribution in [3.8, 4) is 0 Å². The maximum atomic E-state index is 13.2. The standard InChI is InChI=1S/C28H26ClN5O3/c1-33-10-12-34(13-11-33)16-17-2-6-20(7-3-17)30-26(18-4-9-22-24(14-18)37-28(36)32-22)25-21-8-5-19(29)15-23(21)31-27(25)35/h2-9,14-15,30H,10-13,16H2,1H3,(H,31,35)(H,32,36)/b26-25-. The number of piperazine rings is 1. The number of oxazole rings is 1. The summed E-state index contributed by atoms with van der Waals surface area (Å²) in [6, 6.07) is 19.0. The van der Waals surface area contributed by atoms with Crippen molar-refractivity contribution in [1.82, 2.24) is 14.8 Å². The molecular weight excluding hydrogens is 490 g/mol. The van der Waals surface area contributed by atoms with Gasteiger partial charge in [0, 0.05) is 54.6 Å². The molecule has 3 N–H and O–H groups in total. The van der Waals surface area contributed by atoms with Gasteiger partial charge >= 0.3 is 5.76 Å². The van der Waals surface area contributed by atoms with Crippen LogP contribution in [0.25, 0.3) is 22.4 Å². The van der Waals surface area contributed by atoms with Crippen LogP contribution in [0.5, 0.6) is 0 Å². The summed E-state index contributed by atoms with van der Waals surface area (Å²) >= 11 is 6.17. The summed E-state index contributed by atoms with van der Waals surface area (Å²) in [6.45, 7) is 5.18. The number of fused-ring (bicyclic) bond motifs is 2. The first-order valence-electron chi connectivity index (χ1n) is 12.2. The summed E-state index contributed by atoms with van der Waals surface area (Å²) < 4.78 is 5.29. The number of anilines is 2. The highest BCUT2D eigenvalue weighted by atomic mass is 35.5. The summed E-state index contributed by atoms with van der Waals surface area (Å²) in [6.07, 6.45) is 0. The van der Waals surface area contributed by atoms with E-state index in [1.807, 2.05) is 24.3 Å². The van der Waals surface area contributed by atoms with Crippen LogP contribution in [0.2, 0.25) is 5.02 Å². The SMILES string of the molecule is CN1CCN(Cc2ccc(N/C(=C3\C(=O)Nc4cc(Cl)ccc43)c3ccc4[nH]c(=O)oc4c3)cc2)CC1. The van der Waals surface area contributed by atoms with Crippen LogP contribution in [-0.2, 0) is 11.3 Å². The molecule has 1 aromatic heterocycles. The van der Waals surface area contributed by atoms with Gasteiger partial charge in [-0.15, -0.1) is 0 Å². The number of carbonyl (C=O) groups is 1. The fraction of sp³-hybridized carbons (Fsp3) is 0.214. The summed E-state index contributed by atoms with van der Waals surface area (Å²) in [4.78, 5) is 32.4. The van der Waals surface area contributed by atoms with Crippen LogP contribution in [0.15, 0.2) is 69.9 Å². The summed E-state index contributed by atoms with van der Waals surface area (Å²) in [5.74, 6) is -0.758. The number of halogens is 1. The van der Waals surface area contributed by atoms with Crippen LogP contribution in [0.1, 0.15) is 16.7 Å². The number of rotatable bonds is 5. The number of hydrogen-bond donors (Lipinski definition) is 3. The fourth-order valence-corrected chi connectivity index (χ4v) is 5.05. The van der Waals surface area contributed by atoms with Crippen molar-refractivity contribution in [2.75, 3.05) is 43.9 Å². The molecule has 3 heterocycles. The summed E-state index contributed by atoms with van der Waals surface area (Å²) in [7, 11) is 2.16. The van der Waals surface area contributed by atoms with E-state index >= 15 is 0 Å². The Morgan fingerprint density at radius 3 is 2.57 bits per heavy atom. The number of nitrogens with one attached hydrogen (secondary N) is 3. The molecular formula is C28H26ClN5O3. The lowest BCUT2D eigenvalue weighted by molar-refractivity contribution is -0.110. The van der Waals surface area contributed by atoms with Gasteiger partial charge in [0.05, 0.1) is 22.5 Å². The zero-order chi connectivity index (χ0) is 25.5. The third-order valence-electron chi connectivity index (χ3n) is 6.91. The number of nitrogens with zero attached hydrogens (tertiary/aromatic N) is 2. The third-order valence-corrected chi connectivity index (χ3v) is 7.15. The highest BCUT2D eigenvalue weighted by Crippen LogP contribution is 2.39. The number of aromatic amines is 1. The van der Waals surface area contributed by atoms with E-state index < -0.39 is 5.76 Å². The molecule has 1 amide bonds. The molecule has 0 spiro atoms. The van der Waals surface area contributed by atoms with Crippen LogP contribution in [0, 0.1) is 0 Å². The molecule has 188 valence electrons. The molecule has 0 unspecified atom stereocenters. The Labute approximate surface area is 218 Å². The lowest BCUT2D eigenvalue weighted by Crippen LogP contribution is -2.43. The molecule has 0 aliphatic carbocycles. The van der Waals surface area contributed by atoms with Crippen molar-refractivity contribution in [2.45, 2.75) is 6.54 Å². The number of carbonyl (C=O) groups excluding carboxylic acids is 1. The lowest BCUT2D eigenvalue weighted by atomic mass is 9.99. The average Bonchev–Trinajstić information content (AvgIpc) is 3.41. The van der Waals surface area contributed by atoms with Gasteiger partial charge in [0.25, 0.3) is 5.91 Å². The van der Waals surface area contributed by atoms with Crippen molar-refractivity contribution < 1.29 is 9.21 Å². The van der Waals surface area contributed by atoms with E-state index in [1.54, 1.807) is 24.3 Å². The summed E-state index contributed by atoms with van der Waals surface area (Å²) in [5, 5.41) is 6.92. The van der Waals surface area contributed by atoms with E-state index in [2.05, 4.69) is 44.6 Å². The molecule has 1 fully saturated rings. The summed E-state index contributed by atoms with van der Waals surface area (Å²) in [5.41, 5.74) is 6.30. The zero-order valence-corrected chi connectivity index (χ0v) is 21.1. The van der Waals surface area contributed by atoms with E-state index in [4.69, 9.17) is 16.0 Å². The van der Waals surface area contributed by atoms with Gasteiger partial charge in [0.15, 0.2) is 5.58 Å². The molecule has 4 aromatic rings. The topological polar surface area (TPSA) is 93.6 Å². The van der Waals surface area contributed by atoms with E-state index in [1.165, 1.54) is 5.56 Å². The Balaban J connectivity index is 1.36. The molecule has 37 heavy (non-hydrogen) atoms. The number of amides is 1. The second-order valence-electron chi connectivity index (χ2n) is 9.52. The van der Waals surface area contributed by atoms with Gasteiger partial charge < -0.3 is 20.0 Å². The number of aromatic nitrogens is 1. The predicted molar refractivity (Wildman–Crippen MR) is 147 cm³/mol. The minimum atomic E-state index is -0.524. The minimum Gasteiger partial charge on any atom is -0.408 e. The number of benzene rings is 3. The first kappa shape index (κ1) is 23.5. The molecule has 0 saturated carbocycles. The molecule has 9 heteroatoms. The number of hydrogen-bond acceptors (Lipinski definition) is 6. The van der Waals surface area contributed by atoms with Crippen molar-refractivity contribution in [3.05, 3.63) is 92.9 Å². The Hall–Kier alpha value is -3.85. The Morgan fingerprint density at radius 2 is 1.78 bits per heavy atom. The van der Waals surface area contributed by atoms with Crippen molar-refractivity contribution in [1.29, 1.82) is 0 Å². The first-order valence-corrected chi connectivity index (χ1v) is 12.6. The van der Waals surface area contributed by atoms with Crippen LogP contribution in [-0.4, -0.2) is 53.9 Å². The number of H-pyrrole nitrogens is 1.